The number of halogens is 1. The Morgan fingerprint density at radius 1 is 1.16 bits per heavy atom. The molecule has 0 saturated carbocycles. The van der Waals surface area contributed by atoms with Crippen molar-refractivity contribution in [2.24, 2.45) is 0 Å². The van der Waals surface area contributed by atoms with Crippen molar-refractivity contribution in [2.45, 2.75) is 13.3 Å². The van der Waals surface area contributed by atoms with Gasteiger partial charge in [0.1, 0.15) is 0 Å². The highest BCUT2D eigenvalue weighted by Gasteiger charge is 2.20. The summed E-state index contributed by atoms with van der Waals surface area (Å²) in [5.41, 5.74) is 2.46. The van der Waals surface area contributed by atoms with Crippen molar-refractivity contribution in [3.63, 3.8) is 0 Å². The van der Waals surface area contributed by atoms with Crippen molar-refractivity contribution in [1.82, 2.24) is 4.31 Å². The lowest BCUT2D eigenvalue weighted by Gasteiger charge is -2.19. The quantitative estimate of drug-likeness (QED) is 0.802. The second kappa shape index (κ2) is 8.47. The van der Waals surface area contributed by atoms with Gasteiger partial charge in [0.25, 0.3) is 0 Å². The van der Waals surface area contributed by atoms with Gasteiger partial charge in [-0.25, -0.2) is 8.42 Å². The van der Waals surface area contributed by atoms with Gasteiger partial charge in [0, 0.05) is 17.3 Å². The largest absolute Gasteiger partial charge is 0.325 e. The molecule has 5 nitrogen and oxygen atoms in total. The first kappa shape index (κ1) is 19.4. The molecule has 134 valence electrons. The fourth-order valence-electron chi connectivity index (χ4n) is 2.29. The van der Waals surface area contributed by atoms with Gasteiger partial charge in [0.2, 0.25) is 15.9 Å². The summed E-state index contributed by atoms with van der Waals surface area (Å²) in [7, 11) is -3.49. The predicted molar refractivity (Wildman–Crippen MR) is 101 cm³/mol. The van der Waals surface area contributed by atoms with E-state index in [1.165, 1.54) is 4.31 Å². The number of aryl methyl sites for hydroxylation is 1. The molecule has 0 aliphatic rings. The number of nitrogens with one attached hydrogen (secondary N) is 1. The molecule has 0 radical (unpaired) electrons. The highest BCUT2D eigenvalue weighted by Crippen LogP contribution is 2.20. The van der Waals surface area contributed by atoms with E-state index >= 15 is 0 Å². The van der Waals surface area contributed by atoms with Crippen molar-refractivity contribution in [2.75, 3.05) is 24.7 Å². The summed E-state index contributed by atoms with van der Waals surface area (Å²) in [5, 5.41) is 3.22. The summed E-state index contributed by atoms with van der Waals surface area (Å²) in [4.78, 5) is 12.2. The topological polar surface area (TPSA) is 66.5 Å². The van der Waals surface area contributed by atoms with Gasteiger partial charge >= 0.3 is 0 Å². The van der Waals surface area contributed by atoms with Crippen molar-refractivity contribution in [3.8, 4) is 0 Å². The summed E-state index contributed by atoms with van der Waals surface area (Å²) in [5.74, 6) is -0.404. The van der Waals surface area contributed by atoms with Gasteiger partial charge in [-0.2, -0.15) is 4.31 Å². The highest BCUT2D eigenvalue weighted by atomic mass is 35.5. The van der Waals surface area contributed by atoms with E-state index in [9.17, 15) is 13.2 Å². The molecule has 0 spiro atoms. The average Bonchev–Trinajstić information content (AvgIpc) is 2.55. The number of carbonyl (C=O) groups excluding carboxylic acids is 1. The molecule has 2 rings (SSSR count). The molecule has 25 heavy (non-hydrogen) atoms. The zero-order chi connectivity index (χ0) is 18.4. The smallest absolute Gasteiger partial charge is 0.239 e. The second-order valence-electron chi connectivity index (χ2n) is 5.84. The van der Waals surface area contributed by atoms with Crippen LogP contribution < -0.4 is 5.32 Å². The van der Waals surface area contributed by atoms with E-state index in [4.69, 9.17) is 11.6 Å². The van der Waals surface area contributed by atoms with Crippen molar-refractivity contribution in [3.05, 3.63) is 64.7 Å². The zero-order valence-electron chi connectivity index (χ0n) is 14.2. The molecular weight excluding hydrogens is 360 g/mol. The first-order valence-corrected chi connectivity index (χ1v) is 10.0. The Hall–Kier alpha value is -1.89. The van der Waals surface area contributed by atoms with Gasteiger partial charge in [-0.1, -0.05) is 48.0 Å². The van der Waals surface area contributed by atoms with Crippen LogP contribution in [0.4, 0.5) is 5.69 Å². The Morgan fingerprint density at radius 3 is 2.44 bits per heavy atom. The molecule has 0 bridgehead atoms. The normalized spacial score (nSPS) is 11.5. The molecule has 0 saturated heterocycles. The second-order valence-corrected chi connectivity index (χ2v) is 8.23. The van der Waals surface area contributed by atoms with E-state index in [1.54, 1.807) is 18.2 Å². The van der Waals surface area contributed by atoms with Crippen LogP contribution in [0.3, 0.4) is 0 Å². The minimum absolute atomic E-state index is 0.239. The summed E-state index contributed by atoms with van der Waals surface area (Å²) < 4.78 is 25.1. The van der Waals surface area contributed by atoms with Crippen molar-refractivity contribution >= 4 is 33.2 Å². The summed E-state index contributed by atoms with van der Waals surface area (Å²) >= 11 is 6.04. The average molecular weight is 381 g/mol. The molecule has 2 aromatic rings. The zero-order valence-corrected chi connectivity index (χ0v) is 15.8. The molecule has 0 fully saturated rings. The fourth-order valence-corrected chi connectivity index (χ4v) is 3.25. The maximum absolute atomic E-state index is 12.2. The number of amides is 1. The number of anilines is 1. The van der Waals surface area contributed by atoms with Crippen molar-refractivity contribution in [1.29, 1.82) is 0 Å². The van der Waals surface area contributed by atoms with Crippen LogP contribution >= 0.6 is 11.6 Å². The Balaban J connectivity index is 2.01. The minimum atomic E-state index is -3.49. The number of carbonyl (C=O) groups is 1. The van der Waals surface area contributed by atoms with Gasteiger partial charge in [-0.15, -0.1) is 0 Å². The predicted octanol–water partition coefficient (Wildman–Crippen LogP) is 3.09. The first-order valence-electron chi connectivity index (χ1n) is 7.81. The molecule has 1 N–H and O–H groups in total. The van der Waals surface area contributed by atoms with Gasteiger partial charge in [0.05, 0.1) is 12.8 Å². The van der Waals surface area contributed by atoms with Crippen LogP contribution in [0, 0.1) is 6.92 Å². The van der Waals surface area contributed by atoms with E-state index in [2.05, 4.69) is 5.32 Å². The molecule has 0 aliphatic carbocycles. The summed E-state index contributed by atoms with van der Waals surface area (Å²) in [6.45, 7) is 1.87. The monoisotopic (exact) mass is 380 g/mol. The molecule has 0 atom stereocenters. The number of hydrogen-bond donors (Lipinski definition) is 1. The standard InChI is InChI=1S/C18H21ClN2O3S/c1-14-8-9-16(12-17(14)19)20-18(22)13-21(25(2,23)24)11-10-15-6-4-3-5-7-15/h3-9,12H,10-11,13H2,1-2H3,(H,20,22). The lowest BCUT2D eigenvalue weighted by atomic mass is 10.1. The van der Waals surface area contributed by atoms with Crippen LogP contribution in [0.15, 0.2) is 48.5 Å². The molecule has 7 heteroatoms. The lowest BCUT2D eigenvalue weighted by molar-refractivity contribution is -0.116. The van der Waals surface area contributed by atoms with E-state index in [1.807, 2.05) is 37.3 Å². The van der Waals surface area contributed by atoms with Crippen LogP contribution in [0.2, 0.25) is 5.02 Å². The SMILES string of the molecule is Cc1ccc(NC(=O)CN(CCc2ccccc2)S(C)(=O)=O)cc1Cl. The minimum Gasteiger partial charge on any atom is -0.325 e. The van der Waals surface area contributed by atoms with Crippen LogP contribution in [0.1, 0.15) is 11.1 Å². The van der Waals surface area contributed by atoms with E-state index in [0.717, 1.165) is 17.4 Å². The lowest BCUT2D eigenvalue weighted by Crippen LogP contribution is -2.38. The number of hydrogen-bond acceptors (Lipinski definition) is 3. The van der Waals surface area contributed by atoms with Crippen LogP contribution in [0.5, 0.6) is 0 Å². The Bertz CT molecular complexity index is 839. The fraction of sp³-hybridized carbons (Fsp3) is 0.278. The number of sulfonamides is 1. The first-order chi connectivity index (χ1) is 11.8. The van der Waals surface area contributed by atoms with E-state index < -0.39 is 15.9 Å². The van der Waals surface area contributed by atoms with Gasteiger partial charge in [0.15, 0.2) is 0 Å². The summed E-state index contributed by atoms with van der Waals surface area (Å²) in [6, 6.07) is 14.7. The third-order valence-electron chi connectivity index (χ3n) is 3.74. The molecule has 0 unspecified atom stereocenters. The molecule has 0 aliphatic heterocycles. The summed E-state index contributed by atoms with van der Waals surface area (Å²) in [6.07, 6.45) is 1.64. The Labute approximate surface area is 153 Å². The van der Waals surface area contributed by atoms with Gasteiger partial charge in [-0.3, -0.25) is 4.79 Å². The van der Waals surface area contributed by atoms with Crippen LogP contribution in [-0.4, -0.2) is 38.0 Å². The van der Waals surface area contributed by atoms with Crippen LogP contribution in [0.25, 0.3) is 0 Å². The molecule has 0 aromatic heterocycles. The van der Waals surface area contributed by atoms with Gasteiger partial charge in [-0.05, 0) is 36.6 Å². The molecule has 0 heterocycles. The maximum Gasteiger partial charge on any atom is 0.239 e. The number of nitrogens with zero attached hydrogens (tertiary/aromatic N) is 1. The molecule has 2 aromatic carbocycles. The Kier molecular flexibility index (Phi) is 6.58. The van der Waals surface area contributed by atoms with Crippen LogP contribution in [-0.2, 0) is 21.2 Å². The van der Waals surface area contributed by atoms with E-state index in [0.29, 0.717) is 17.1 Å². The van der Waals surface area contributed by atoms with E-state index in [-0.39, 0.29) is 13.1 Å². The molecular formula is C18H21ClN2O3S. The molecule has 1 amide bonds. The number of rotatable bonds is 7. The highest BCUT2D eigenvalue weighted by molar-refractivity contribution is 7.88. The third-order valence-corrected chi connectivity index (χ3v) is 5.39. The van der Waals surface area contributed by atoms with Gasteiger partial charge < -0.3 is 5.32 Å². The Morgan fingerprint density at radius 2 is 1.84 bits per heavy atom. The van der Waals surface area contributed by atoms with Crippen molar-refractivity contribution < 1.29 is 13.2 Å². The number of benzene rings is 2. The third kappa shape index (κ3) is 6.16. The maximum atomic E-state index is 12.2.